The first-order valence-corrected chi connectivity index (χ1v) is 14.9. The quantitative estimate of drug-likeness (QED) is 0.256. The van der Waals surface area contributed by atoms with Gasteiger partial charge in [-0.05, 0) is 114 Å². The van der Waals surface area contributed by atoms with Gasteiger partial charge in [0.1, 0.15) is 18.7 Å². The van der Waals surface area contributed by atoms with E-state index in [1.54, 1.807) is 0 Å². The largest absolute Gasteiger partial charge is 0.377 e. The van der Waals surface area contributed by atoms with Gasteiger partial charge in [-0.2, -0.15) is 4.65 Å². The van der Waals surface area contributed by atoms with Crippen LogP contribution in [0.3, 0.4) is 0 Å². The average molecular weight is 519 g/mol. The summed E-state index contributed by atoms with van der Waals surface area (Å²) in [5, 5.41) is 23.2. The Labute approximate surface area is 230 Å². The highest BCUT2D eigenvalue weighted by Crippen LogP contribution is 2.68. The number of fused-ring (bicyclic) bond motifs is 5. The highest BCUT2D eigenvalue weighted by Gasteiger charge is 2.64. The van der Waals surface area contributed by atoms with Gasteiger partial charge in [0.25, 0.3) is 0 Å². The molecule has 0 spiro atoms. The minimum atomic E-state index is -0.981. The summed E-state index contributed by atoms with van der Waals surface area (Å²) in [6, 6.07) is 8.67. The molecule has 38 heavy (non-hydrogen) atoms. The van der Waals surface area contributed by atoms with Crippen LogP contribution in [0, 0.1) is 46.3 Å². The predicted molar refractivity (Wildman–Crippen MR) is 153 cm³/mol. The maximum absolute atomic E-state index is 12.3. The van der Waals surface area contributed by atoms with Gasteiger partial charge in [0.2, 0.25) is 0 Å². The van der Waals surface area contributed by atoms with Crippen molar-refractivity contribution in [3.05, 3.63) is 41.5 Å². The van der Waals surface area contributed by atoms with Crippen LogP contribution in [0.4, 0.5) is 5.69 Å². The standard InChI is InChI=1S/C34H48NO3/c1-22(2)35(7,38)25-11-8-23(9-12-25)29-21-33(6)30(16-17-34(33,37)19-18-32(3,4)5)28-14-10-24-20-26(36)13-15-27(24)31(28)29/h8-9,11-12,20,22,27-31,37-38H,10,13-17,21H2,1-7H3/q+1/t27-,28-,29+,30-,31+,33-,34+,35-/m0/s1. The van der Waals surface area contributed by atoms with Crippen molar-refractivity contribution in [3.8, 4) is 11.8 Å². The summed E-state index contributed by atoms with van der Waals surface area (Å²) in [5.74, 6) is 9.29. The van der Waals surface area contributed by atoms with Gasteiger partial charge in [-0.3, -0.25) is 4.79 Å². The number of hydrogen-bond acceptors (Lipinski definition) is 3. The van der Waals surface area contributed by atoms with E-state index < -0.39 is 5.60 Å². The maximum atomic E-state index is 12.3. The predicted octanol–water partition coefficient (Wildman–Crippen LogP) is 7.04. The zero-order valence-electron chi connectivity index (χ0n) is 24.6. The van der Waals surface area contributed by atoms with Gasteiger partial charge in [0.15, 0.2) is 11.5 Å². The third-order valence-electron chi connectivity index (χ3n) is 10.9. The Bertz CT molecular complexity index is 1180. The Morgan fingerprint density at radius 1 is 1.05 bits per heavy atom. The van der Waals surface area contributed by atoms with E-state index in [2.05, 4.69) is 63.8 Å². The number of hydrogen-bond donors (Lipinski definition) is 2. The van der Waals surface area contributed by atoms with Crippen molar-refractivity contribution in [2.24, 2.45) is 34.5 Å². The summed E-state index contributed by atoms with van der Waals surface area (Å²) in [7, 11) is 1.84. The lowest BCUT2D eigenvalue weighted by molar-refractivity contribution is -0.117. The number of carbonyl (C=O) groups is 1. The lowest BCUT2D eigenvalue weighted by atomic mass is 9.46. The van der Waals surface area contributed by atoms with Gasteiger partial charge in [-0.25, -0.2) is 5.21 Å². The molecule has 5 rings (SSSR count). The monoisotopic (exact) mass is 518 g/mol. The number of aliphatic hydroxyl groups is 1. The minimum absolute atomic E-state index is 0.0558. The van der Waals surface area contributed by atoms with E-state index in [1.807, 2.05) is 27.0 Å². The molecule has 4 nitrogen and oxygen atoms in total. The summed E-state index contributed by atoms with van der Waals surface area (Å²) in [6.45, 7) is 12.7. The van der Waals surface area contributed by atoms with Crippen LogP contribution in [-0.4, -0.2) is 34.8 Å². The molecule has 1 aromatic rings. The molecule has 0 saturated heterocycles. The normalized spacial score (nSPS) is 38.3. The van der Waals surface area contributed by atoms with E-state index in [0.717, 1.165) is 44.2 Å². The molecule has 4 aliphatic rings. The molecule has 4 aliphatic carbocycles. The third kappa shape index (κ3) is 4.49. The second kappa shape index (κ2) is 9.33. The number of hydroxylamine groups is 2. The summed E-state index contributed by atoms with van der Waals surface area (Å²) in [5.41, 5.74) is 2.14. The van der Waals surface area contributed by atoms with Gasteiger partial charge in [0, 0.05) is 29.4 Å². The first-order valence-electron chi connectivity index (χ1n) is 14.9. The van der Waals surface area contributed by atoms with Crippen molar-refractivity contribution < 1.29 is 15.1 Å². The summed E-state index contributed by atoms with van der Waals surface area (Å²) in [4.78, 5) is 12.3. The molecule has 8 atom stereocenters. The lowest BCUT2D eigenvalue weighted by Gasteiger charge is -2.58. The first kappa shape index (κ1) is 27.6. The van der Waals surface area contributed by atoms with Crippen LogP contribution in [0.1, 0.15) is 98.0 Å². The van der Waals surface area contributed by atoms with E-state index >= 15 is 0 Å². The van der Waals surface area contributed by atoms with Gasteiger partial charge in [-0.1, -0.05) is 36.5 Å². The smallest absolute Gasteiger partial charge is 0.165 e. The van der Waals surface area contributed by atoms with Crippen LogP contribution in [-0.2, 0) is 4.79 Å². The molecular weight excluding hydrogens is 470 g/mol. The van der Waals surface area contributed by atoms with Gasteiger partial charge >= 0.3 is 0 Å². The van der Waals surface area contributed by atoms with Crippen LogP contribution < -0.4 is 4.65 Å². The molecule has 0 aliphatic heterocycles. The minimum Gasteiger partial charge on any atom is -0.377 e. The van der Waals surface area contributed by atoms with E-state index in [4.69, 9.17) is 0 Å². The number of nitrogens with zero attached hydrogens (tertiary/aromatic N) is 1. The Balaban J connectivity index is 1.59. The first-order chi connectivity index (χ1) is 17.7. The van der Waals surface area contributed by atoms with Crippen molar-refractivity contribution in [2.45, 2.75) is 104 Å². The number of allylic oxidation sites excluding steroid dienone is 1. The van der Waals surface area contributed by atoms with E-state index in [9.17, 15) is 15.1 Å². The van der Waals surface area contributed by atoms with Crippen molar-refractivity contribution in [2.75, 3.05) is 7.05 Å². The Morgan fingerprint density at radius 3 is 2.37 bits per heavy atom. The van der Waals surface area contributed by atoms with Crippen LogP contribution in [0.15, 0.2) is 35.9 Å². The molecule has 0 aromatic heterocycles. The van der Waals surface area contributed by atoms with E-state index in [0.29, 0.717) is 30.1 Å². The highest BCUT2D eigenvalue weighted by molar-refractivity contribution is 5.91. The number of rotatable bonds is 3. The molecular formula is C34H48NO3+. The molecule has 3 fully saturated rings. The number of benzene rings is 1. The fraction of sp³-hybridized carbons (Fsp3) is 0.676. The molecule has 0 unspecified atom stereocenters. The maximum Gasteiger partial charge on any atom is 0.165 e. The van der Waals surface area contributed by atoms with Gasteiger partial charge < -0.3 is 5.11 Å². The highest BCUT2D eigenvalue weighted by atomic mass is 16.5. The van der Waals surface area contributed by atoms with Crippen molar-refractivity contribution in [1.82, 2.24) is 4.65 Å². The molecule has 206 valence electrons. The summed E-state index contributed by atoms with van der Waals surface area (Å²) < 4.78 is -0.142. The SMILES string of the molecule is CC(C)[N@+](C)(O)c1ccc([C@H]2C[C@@]3(C)[C@@H](CC[C@@]3(O)C#CC(C)(C)C)[C@@H]3CCC4=CC(=O)CC[C@@H]4[C@H]32)cc1. The van der Waals surface area contributed by atoms with Gasteiger partial charge in [0.05, 0.1) is 0 Å². The Hall–Kier alpha value is -1.93. The Kier molecular flexibility index (Phi) is 6.78. The number of ketones is 1. The van der Waals surface area contributed by atoms with Crippen LogP contribution in [0.2, 0.25) is 0 Å². The average Bonchev–Trinajstić information content (AvgIpc) is 3.12. The Morgan fingerprint density at radius 2 is 1.74 bits per heavy atom. The molecule has 1 aromatic carbocycles. The molecule has 0 bridgehead atoms. The van der Waals surface area contributed by atoms with E-state index in [-0.39, 0.29) is 33.2 Å². The molecule has 4 heteroatoms. The number of quaternary nitrogens is 1. The molecule has 0 heterocycles. The molecule has 0 amide bonds. The lowest BCUT2D eigenvalue weighted by Crippen LogP contribution is -2.54. The van der Waals surface area contributed by atoms with E-state index in [1.165, 1.54) is 11.1 Å². The second-order valence-electron chi connectivity index (χ2n) is 14.6. The summed E-state index contributed by atoms with van der Waals surface area (Å²) >= 11 is 0. The van der Waals surface area contributed by atoms with Crippen molar-refractivity contribution >= 4 is 11.5 Å². The zero-order chi connectivity index (χ0) is 27.7. The second-order valence-corrected chi connectivity index (χ2v) is 14.6. The molecule has 2 N–H and O–H groups in total. The topological polar surface area (TPSA) is 57.5 Å². The van der Waals surface area contributed by atoms with Crippen LogP contribution >= 0.6 is 0 Å². The third-order valence-corrected chi connectivity index (χ3v) is 10.9. The fourth-order valence-corrected chi connectivity index (χ4v) is 8.47. The van der Waals surface area contributed by atoms with Crippen molar-refractivity contribution in [3.63, 3.8) is 0 Å². The van der Waals surface area contributed by atoms with Crippen LogP contribution in [0.5, 0.6) is 0 Å². The number of carbonyl (C=O) groups excluding carboxylic acids is 1. The fourth-order valence-electron chi connectivity index (χ4n) is 8.47. The molecule has 3 saturated carbocycles. The summed E-state index contributed by atoms with van der Waals surface area (Å²) in [6.07, 6.45) is 8.35. The van der Waals surface area contributed by atoms with Crippen LogP contribution in [0.25, 0.3) is 0 Å². The van der Waals surface area contributed by atoms with Gasteiger partial charge in [-0.15, -0.1) is 0 Å². The zero-order valence-corrected chi connectivity index (χ0v) is 24.6. The molecule has 0 radical (unpaired) electrons. The van der Waals surface area contributed by atoms with Crippen molar-refractivity contribution in [1.29, 1.82) is 0 Å².